The van der Waals surface area contributed by atoms with Gasteiger partial charge in [-0.3, -0.25) is 4.79 Å². The summed E-state index contributed by atoms with van der Waals surface area (Å²) in [6.07, 6.45) is 5.11. The quantitative estimate of drug-likeness (QED) is 0.444. The van der Waals surface area contributed by atoms with Crippen LogP contribution in [0.4, 0.5) is 5.82 Å². The lowest BCUT2D eigenvalue weighted by Gasteiger charge is -2.33. The molecule has 0 aliphatic carbocycles. The summed E-state index contributed by atoms with van der Waals surface area (Å²) in [5.41, 5.74) is 8.89. The number of aryl methyl sites for hydroxylation is 1. The fourth-order valence-corrected chi connectivity index (χ4v) is 4.03. The molecule has 182 valence electrons. The molecule has 1 fully saturated rings. The zero-order chi connectivity index (χ0) is 24.5. The number of halogens is 1. The van der Waals surface area contributed by atoms with Gasteiger partial charge < -0.3 is 20.9 Å². The molecule has 1 amide bonds. The Labute approximate surface area is 206 Å². The number of carbonyl (C=O) groups is 1. The maximum atomic E-state index is 12.5. The SMILES string of the molecule is Cc1ccnc(N2CCC(C(=O)NCCN(C)C)CC2)c1/C=N\C(N)=NCc1ccccc1Cl. The highest BCUT2D eigenvalue weighted by Gasteiger charge is 2.26. The number of benzene rings is 1. The van der Waals surface area contributed by atoms with E-state index >= 15 is 0 Å². The molecule has 2 aromatic rings. The van der Waals surface area contributed by atoms with Crippen LogP contribution in [-0.2, 0) is 11.3 Å². The van der Waals surface area contributed by atoms with Gasteiger partial charge in [-0.1, -0.05) is 29.8 Å². The maximum Gasteiger partial charge on any atom is 0.223 e. The molecule has 0 radical (unpaired) electrons. The van der Waals surface area contributed by atoms with E-state index in [1.807, 2.05) is 51.4 Å². The second-order valence-corrected chi connectivity index (χ2v) is 9.15. The number of hydrogen-bond donors (Lipinski definition) is 2. The monoisotopic (exact) mass is 483 g/mol. The molecule has 1 saturated heterocycles. The van der Waals surface area contributed by atoms with Crippen molar-refractivity contribution in [3.05, 3.63) is 58.2 Å². The molecule has 2 heterocycles. The number of carbonyl (C=O) groups excluding carboxylic acids is 1. The number of anilines is 1. The predicted molar refractivity (Wildman–Crippen MR) is 140 cm³/mol. The Morgan fingerprint density at radius 2 is 2.03 bits per heavy atom. The van der Waals surface area contributed by atoms with Crippen molar-refractivity contribution in [2.45, 2.75) is 26.3 Å². The number of hydrogen-bond acceptors (Lipinski definition) is 5. The highest BCUT2D eigenvalue weighted by molar-refractivity contribution is 6.31. The van der Waals surface area contributed by atoms with Gasteiger partial charge in [0.1, 0.15) is 5.82 Å². The van der Waals surface area contributed by atoms with Gasteiger partial charge >= 0.3 is 0 Å². The predicted octanol–water partition coefficient (Wildman–Crippen LogP) is 2.87. The molecule has 1 aliphatic heterocycles. The minimum atomic E-state index is 0.0351. The van der Waals surface area contributed by atoms with Crippen LogP contribution >= 0.6 is 11.6 Å². The lowest BCUT2D eigenvalue weighted by molar-refractivity contribution is -0.125. The van der Waals surface area contributed by atoms with Crippen LogP contribution in [0.3, 0.4) is 0 Å². The molecule has 0 unspecified atom stereocenters. The van der Waals surface area contributed by atoms with Crippen LogP contribution in [0.2, 0.25) is 5.02 Å². The van der Waals surface area contributed by atoms with Gasteiger partial charge in [-0.15, -0.1) is 0 Å². The van der Waals surface area contributed by atoms with Crippen LogP contribution in [0.15, 0.2) is 46.5 Å². The van der Waals surface area contributed by atoms with Crippen LogP contribution in [0, 0.1) is 12.8 Å². The first-order valence-electron chi connectivity index (χ1n) is 11.6. The zero-order valence-corrected chi connectivity index (χ0v) is 20.9. The smallest absolute Gasteiger partial charge is 0.223 e. The number of nitrogens with two attached hydrogens (primary N) is 1. The number of piperidine rings is 1. The highest BCUT2D eigenvalue weighted by atomic mass is 35.5. The van der Waals surface area contributed by atoms with Crippen molar-refractivity contribution >= 4 is 35.5 Å². The van der Waals surface area contributed by atoms with E-state index in [0.29, 0.717) is 18.1 Å². The molecule has 1 aromatic carbocycles. The van der Waals surface area contributed by atoms with Gasteiger partial charge in [-0.2, -0.15) is 0 Å². The molecule has 0 saturated carbocycles. The zero-order valence-electron chi connectivity index (χ0n) is 20.2. The van der Waals surface area contributed by atoms with E-state index in [0.717, 1.165) is 55.0 Å². The fourth-order valence-electron chi connectivity index (χ4n) is 3.83. The lowest BCUT2D eigenvalue weighted by atomic mass is 9.95. The topological polar surface area (TPSA) is 99.2 Å². The van der Waals surface area contributed by atoms with E-state index in [1.165, 1.54) is 0 Å². The van der Waals surface area contributed by atoms with Crippen LogP contribution in [0.25, 0.3) is 0 Å². The normalized spacial score (nSPS) is 15.3. The summed E-state index contributed by atoms with van der Waals surface area (Å²) < 4.78 is 0. The van der Waals surface area contributed by atoms with E-state index in [-0.39, 0.29) is 17.8 Å². The highest BCUT2D eigenvalue weighted by Crippen LogP contribution is 2.25. The fraction of sp³-hybridized carbons (Fsp3) is 0.440. The van der Waals surface area contributed by atoms with E-state index in [2.05, 4.69) is 30.1 Å². The Balaban J connectivity index is 1.63. The van der Waals surface area contributed by atoms with Crippen molar-refractivity contribution in [2.75, 3.05) is 45.2 Å². The molecule has 1 aromatic heterocycles. The van der Waals surface area contributed by atoms with E-state index in [4.69, 9.17) is 17.3 Å². The Morgan fingerprint density at radius 3 is 2.74 bits per heavy atom. The van der Waals surface area contributed by atoms with Gasteiger partial charge in [0, 0.05) is 55.1 Å². The number of pyridine rings is 1. The summed E-state index contributed by atoms with van der Waals surface area (Å²) in [7, 11) is 4.00. The molecule has 0 spiro atoms. The average molecular weight is 484 g/mol. The van der Waals surface area contributed by atoms with Crippen LogP contribution < -0.4 is 16.0 Å². The summed E-state index contributed by atoms with van der Waals surface area (Å²) in [6.45, 7) is 5.43. The molecule has 34 heavy (non-hydrogen) atoms. The summed E-state index contributed by atoms with van der Waals surface area (Å²) in [5.74, 6) is 1.22. The number of likely N-dealkylation sites (N-methyl/N-ethyl adjacent to an activating group) is 1. The molecule has 1 aliphatic rings. The third kappa shape index (κ3) is 7.27. The first-order valence-corrected chi connectivity index (χ1v) is 11.9. The van der Waals surface area contributed by atoms with Crippen LogP contribution in [0.1, 0.15) is 29.5 Å². The number of amides is 1. The summed E-state index contributed by atoms with van der Waals surface area (Å²) in [4.78, 5) is 30.1. The standard InChI is InChI=1S/C25H34ClN7O/c1-18-8-11-28-23(33-13-9-19(10-14-33)24(34)29-12-15-32(2)3)21(18)17-31-25(27)30-16-20-6-4-5-7-22(20)26/h4-8,11,17,19H,9-10,12-16H2,1-3H3,(H2,27,30)(H,29,34)/b31-17-. The molecule has 0 atom stereocenters. The third-order valence-electron chi connectivity index (χ3n) is 5.91. The van der Waals surface area contributed by atoms with Crippen molar-refractivity contribution in [3.63, 3.8) is 0 Å². The Morgan fingerprint density at radius 1 is 1.29 bits per heavy atom. The van der Waals surface area contributed by atoms with Crippen molar-refractivity contribution < 1.29 is 4.79 Å². The molecule has 3 rings (SSSR count). The van der Waals surface area contributed by atoms with Crippen molar-refractivity contribution in [3.8, 4) is 0 Å². The first kappa shape index (κ1) is 25.6. The van der Waals surface area contributed by atoms with Gasteiger partial charge in [-0.25, -0.2) is 15.0 Å². The largest absolute Gasteiger partial charge is 0.368 e. The van der Waals surface area contributed by atoms with Crippen LogP contribution in [0.5, 0.6) is 0 Å². The van der Waals surface area contributed by atoms with Crippen molar-refractivity contribution in [1.82, 2.24) is 15.2 Å². The van der Waals surface area contributed by atoms with Crippen molar-refractivity contribution in [1.29, 1.82) is 0 Å². The molecule has 3 N–H and O–H groups in total. The number of nitrogens with zero attached hydrogens (tertiary/aromatic N) is 5. The van der Waals surface area contributed by atoms with E-state index in [9.17, 15) is 4.79 Å². The minimum absolute atomic E-state index is 0.0351. The Hall–Kier alpha value is -2.97. The Bertz CT molecular complexity index is 1030. The lowest BCUT2D eigenvalue weighted by Crippen LogP contribution is -2.42. The molecule has 8 nitrogen and oxygen atoms in total. The van der Waals surface area contributed by atoms with Gasteiger partial charge in [0.15, 0.2) is 0 Å². The van der Waals surface area contributed by atoms with E-state index < -0.39 is 0 Å². The van der Waals surface area contributed by atoms with Gasteiger partial charge in [-0.05, 0) is 57.1 Å². The van der Waals surface area contributed by atoms with Crippen molar-refractivity contribution in [2.24, 2.45) is 21.6 Å². The average Bonchev–Trinajstić information content (AvgIpc) is 2.82. The van der Waals surface area contributed by atoms with Gasteiger partial charge in [0.05, 0.1) is 6.54 Å². The summed E-state index contributed by atoms with van der Waals surface area (Å²) in [5, 5.41) is 3.70. The molecule has 9 heteroatoms. The number of aromatic nitrogens is 1. The third-order valence-corrected chi connectivity index (χ3v) is 6.27. The van der Waals surface area contributed by atoms with Gasteiger partial charge in [0.25, 0.3) is 0 Å². The molecular formula is C25H34ClN7O. The van der Waals surface area contributed by atoms with Crippen LogP contribution in [-0.4, -0.2) is 68.2 Å². The second-order valence-electron chi connectivity index (χ2n) is 8.74. The second kappa shape index (κ2) is 12.5. The summed E-state index contributed by atoms with van der Waals surface area (Å²) >= 11 is 6.19. The number of nitrogens with one attached hydrogen (secondary N) is 1. The van der Waals surface area contributed by atoms with Gasteiger partial charge in [0.2, 0.25) is 11.9 Å². The number of rotatable bonds is 8. The number of aliphatic imine (C=N–C) groups is 2. The number of guanidine groups is 1. The van der Waals surface area contributed by atoms with E-state index in [1.54, 1.807) is 12.4 Å². The minimum Gasteiger partial charge on any atom is -0.368 e. The molecular weight excluding hydrogens is 450 g/mol. The molecule has 0 bridgehead atoms. The maximum absolute atomic E-state index is 12.5. The first-order chi connectivity index (χ1) is 16.3. The Kier molecular flexibility index (Phi) is 9.42. The summed E-state index contributed by atoms with van der Waals surface area (Å²) in [6, 6.07) is 9.49.